The minimum atomic E-state index is -1.25. The first-order valence-electron chi connectivity index (χ1n) is 8.00. The van der Waals surface area contributed by atoms with Gasteiger partial charge in [-0.15, -0.1) is 0 Å². The first-order valence-corrected chi connectivity index (χ1v) is 8.00. The first kappa shape index (κ1) is 22.7. The van der Waals surface area contributed by atoms with E-state index in [9.17, 15) is 14.0 Å². The normalized spacial score (nSPS) is 12.2. The van der Waals surface area contributed by atoms with E-state index < -0.39 is 18.7 Å². The van der Waals surface area contributed by atoms with Crippen molar-refractivity contribution in [2.75, 3.05) is 59.3 Å². The molecule has 0 rings (SSSR count). The Morgan fingerprint density at radius 1 is 1.00 bits per heavy atom. The van der Waals surface area contributed by atoms with Crippen LogP contribution >= 0.6 is 0 Å². The SMILES string of the molecule is CC(C)C(=O)NCC(F)COCCOCCOCCNC(=O)CO. The van der Waals surface area contributed by atoms with Gasteiger partial charge in [0.25, 0.3) is 0 Å². The summed E-state index contributed by atoms with van der Waals surface area (Å²) in [6.45, 7) is 4.75. The van der Waals surface area contributed by atoms with Gasteiger partial charge in [0, 0.05) is 12.5 Å². The summed E-state index contributed by atoms with van der Waals surface area (Å²) in [6, 6.07) is 0. The van der Waals surface area contributed by atoms with E-state index in [1.54, 1.807) is 13.8 Å². The van der Waals surface area contributed by atoms with Crippen molar-refractivity contribution in [2.45, 2.75) is 20.0 Å². The van der Waals surface area contributed by atoms with Gasteiger partial charge in [0.2, 0.25) is 11.8 Å². The van der Waals surface area contributed by atoms with Crippen LogP contribution in [-0.2, 0) is 23.8 Å². The molecule has 0 aliphatic heterocycles. The van der Waals surface area contributed by atoms with Crippen molar-refractivity contribution in [3.05, 3.63) is 0 Å². The Morgan fingerprint density at radius 2 is 1.58 bits per heavy atom. The second kappa shape index (κ2) is 15.3. The highest BCUT2D eigenvalue weighted by atomic mass is 19.1. The van der Waals surface area contributed by atoms with Gasteiger partial charge in [-0.25, -0.2) is 4.39 Å². The second-order valence-electron chi connectivity index (χ2n) is 5.30. The predicted molar refractivity (Wildman–Crippen MR) is 85.3 cm³/mol. The van der Waals surface area contributed by atoms with Crippen LogP contribution in [0.1, 0.15) is 13.8 Å². The molecule has 0 aliphatic carbocycles. The van der Waals surface area contributed by atoms with Crippen LogP contribution in [0.15, 0.2) is 0 Å². The largest absolute Gasteiger partial charge is 0.387 e. The number of amides is 2. The zero-order chi connectivity index (χ0) is 18.2. The molecule has 1 atom stereocenters. The van der Waals surface area contributed by atoms with E-state index in [2.05, 4.69) is 10.6 Å². The lowest BCUT2D eigenvalue weighted by atomic mass is 10.2. The van der Waals surface area contributed by atoms with Gasteiger partial charge in [-0.2, -0.15) is 0 Å². The summed E-state index contributed by atoms with van der Waals surface area (Å²) in [5.41, 5.74) is 0. The Morgan fingerprint density at radius 3 is 2.17 bits per heavy atom. The Labute approximate surface area is 142 Å². The molecule has 0 heterocycles. The maximum atomic E-state index is 13.4. The van der Waals surface area contributed by atoms with E-state index in [0.29, 0.717) is 33.0 Å². The summed E-state index contributed by atoms with van der Waals surface area (Å²) in [5.74, 6) is -0.793. The maximum Gasteiger partial charge on any atom is 0.245 e. The van der Waals surface area contributed by atoms with E-state index >= 15 is 0 Å². The van der Waals surface area contributed by atoms with Crippen molar-refractivity contribution in [1.29, 1.82) is 0 Å². The molecule has 142 valence electrons. The molecule has 0 aliphatic rings. The van der Waals surface area contributed by atoms with Gasteiger partial charge in [-0.05, 0) is 0 Å². The van der Waals surface area contributed by atoms with Crippen LogP contribution in [0.5, 0.6) is 0 Å². The third-order valence-electron chi connectivity index (χ3n) is 2.78. The van der Waals surface area contributed by atoms with Crippen LogP contribution in [-0.4, -0.2) is 82.4 Å². The summed E-state index contributed by atoms with van der Waals surface area (Å²) in [4.78, 5) is 22.0. The van der Waals surface area contributed by atoms with E-state index in [1.165, 1.54) is 0 Å². The summed E-state index contributed by atoms with van der Waals surface area (Å²) < 4.78 is 28.9. The van der Waals surface area contributed by atoms with Crippen molar-refractivity contribution >= 4 is 11.8 Å². The molecule has 1 unspecified atom stereocenters. The first-order chi connectivity index (χ1) is 11.5. The van der Waals surface area contributed by atoms with Crippen LogP contribution in [0.3, 0.4) is 0 Å². The maximum absolute atomic E-state index is 13.4. The van der Waals surface area contributed by atoms with E-state index in [-0.39, 0.29) is 31.6 Å². The number of nitrogens with one attached hydrogen (secondary N) is 2. The minimum absolute atomic E-state index is 0.0570. The molecule has 0 fully saturated rings. The average Bonchev–Trinajstić information content (AvgIpc) is 2.56. The number of aliphatic hydroxyl groups excluding tert-OH is 1. The fourth-order valence-electron chi connectivity index (χ4n) is 1.44. The number of hydrogen-bond donors (Lipinski definition) is 3. The van der Waals surface area contributed by atoms with Crippen molar-refractivity contribution in [2.24, 2.45) is 5.92 Å². The number of halogens is 1. The standard InChI is InChI=1S/C15H29FN2O6/c1-12(2)15(21)18-9-13(16)11-24-8-7-23-6-5-22-4-3-17-14(20)10-19/h12-13,19H,3-11H2,1-2H3,(H,17,20)(H,18,21). The molecule has 0 spiro atoms. The summed E-state index contributed by atoms with van der Waals surface area (Å²) in [5, 5.41) is 13.4. The van der Waals surface area contributed by atoms with E-state index in [4.69, 9.17) is 19.3 Å². The number of alkyl halides is 1. The summed E-state index contributed by atoms with van der Waals surface area (Å²) in [6.07, 6.45) is -1.25. The monoisotopic (exact) mass is 352 g/mol. The van der Waals surface area contributed by atoms with Gasteiger partial charge in [-0.3, -0.25) is 9.59 Å². The number of carbonyl (C=O) groups is 2. The van der Waals surface area contributed by atoms with Crippen molar-refractivity contribution < 1.29 is 33.3 Å². The Hall–Kier alpha value is -1.29. The molecule has 9 heteroatoms. The molecule has 8 nitrogen and oxygen atoms in total. The number of carbonyl (C=O) groups excluding carboxylic acids is 2. The lowest BCUT2D eigenvalue weighted by Crippen LogP contribution is -2.35. The van der Waals surface area contributed by atoms with Crippen LogP contribution < -0.4 is 10.6 Å². The molecular formula is C15H29FN2O6. The Balaban J connectivity index is 3.27. The number of hydrogen-bond acceptors (Lipinski definition) is 6. The molecule has 0 aromatic carbocycles. The van der Waals surface area contributed by atoms with Crippen molar-refractivity contribution in [3.63, 3.8) is 0 Å². The second-order valence-corrected chi connectivity index (χ2v) is 5.30. The van der Waals surface area contributed by atoms with Crippen molar-refractivity contribution in [3.8, 4) is 0 Å². The molecule has 0 radical (unpaired) electrons. The van der Waals surface area contributed by atoms with E-state index in [0.717, 1.165) is 0 Å². The van der Waals surface area contributed by atoms with Gasteiger partial charge in [0.15, 0.2) is 0 Å². The van der Waals surface area contributed by atoms with Gasteiger partial charge in [0.1, 0.15) is 12.8 Å². The van der Waals surface area contributed by atoms with E-state index in [1.807, 2.05) is 0 Å². The molecule has 24 heavy (non-hydrogen) atoms. The molecule has 0 aromatic heterocycles. The highest BCUT2D eigenvalue weighted by Crippen LogP contribution is 1.94. The van der Waals surface area contributed by atoms with Gasteiger partial charge < -0.3 is 30.0 Å². The number of ether oxygens (including phenoxy) is 3. The number of rotatable bonds is 15. The molecule has 0 aromatic rings. The fourth-order valence-corrected chi connectivity index (χ4v) is 1.44. The van der Waals surface area contributed by atoms with Gasteiger partial charge in [-0.1, -0.05) is 13.8 Å². The summed E-state index contributed by atoms with van der Waals surface area (Å²) >= 11 is 0. The highest BCUT2D eigenvalue weighted by molar-refractivity contribution is 5.77. The summed E-state index contributed by atoms with van der Waals surface area (Å²) in [7, 11) is 0. The predicted octanol–water partition coefficient (Wildman–Crippen LogP) is -0.745. The Kier molecular flexibility index (Phi) is 14.4. The molecule has 2 amide bonds. The molecule has 0 saturated heterocycles. The number of aliphatic hydroxyl groups is 1. The van der Waals surface area contributed by atoms with Crippen LogP contribution in [0.25, 0.3) is 0 Å². The fraction of sp³-hybridized carbons (Fsp3) is 0.867. The molecule has 3 N–H and O–H groups in total. The van der Waals surface area contributed by atoms with Crippen molar-refractivity contribution in [1.82, 2.24) is 10.6 Å². The topological polar surface area (TPSA) is 106 Å². The zero-order valence-electron chi connectivity index (χ0n) is 14.4. The Bertz CT molecular complexity index is 344. The van der Waals surface area contributed by atoms with Gasteiger partial charge in [0.05, 0.1) is 46.2 Å². The zero-order valence-corrected chi connectivity index (χ0v) is 14.4. The quantitative estimate of drug-likeness (QED) is 0.335. The van der Waals surface area contributed by atoms with Gasteiger partial charge >= 0.3 is 0 Å². The molecule has 0 saturated carbocycles. The molecular weight excluding hydrogens is 323 g/mol. The van der Waals surface area contributed by atoms with Crippen LogP contribution in [0.4, 0.5) is 4.39 Å². The average molecular weight is 352 g/mol. The lowest BCUT2D eigenvalue weighted by molar-refractivity contribution is -0.125. The lowest BCUT2D eigenvalue weighted by Gasteiger charge is -2.12. The third-order valence-corrected chi connectivity index (χ3v) is 2.78. The third kappa shape index (κ3) is 14.3. The molecule has 0 bridgehead atoms. The smallest absolute Gasteiger partial charge is 0.245 e. The highest BCUT2D eigenvalue weighted by Gasteiger charge is 2.11. The van der Waals surface area contributed by atoms with Crippen LogP contribution in [0.2, 0.25) is 0 Å². The minimum Gasteiger partial charge on any atom is -0.387 e. The van der Waals surface area contributed by atoms with Crippen LogP contribution in [0, 0.1) is 5.92 Å².